The summed E-state index contributed by atoms with van der Waals surface area (Å²) in [5.74, 6) is -0.996. The van der Waals surface area contributed by atoms with Crippen molar-refractivity contribution in [2.75, 3.05) is 0 Å². The number of phenolic OH excluding ortho intramolecular Hbond substituents is 1. The average Bonchev–Trinajstić information content (AvgIpc) is 2.67. The van der Waals surface area contributed by atoms with E-state index >= 15 is 0 Å². The third-order valence-electron chi connectivity index (χ3n) is 5.24. The lowest BCUT2D eigenvalue weighted by molar-refractivity contribution is -0.145. The molecular weight excluding hydrogens is 434 g/mol. The molecule has 8 nitrogen and oxygen atoms in total. The van der Waals surface area contributed by atoms with Crippen molar-refractivity contribution in [1.29, 1.82) is 0 Å². The van der Waals surface area contributed by atoms with Gasteiger partial charge in [-0.15, -0.1) is 0 Å². The minimum atomic E-state index is -0.986. The number of benzene rings is 1. The summed E-state index contributed by atoms with van der Waals surface area (Å²) < 4.78 is 5.36. The van der Waals surface area contributed by atoms with Gasteiger partial charge in [-0.1, -0.05) is 39.3 Å². The van der Waals surface area contributed by atoms with Crippen molar-refractivity contribution < 1.29 is 24.2 Å². The molecule has 0 saturated carbocycles. The van der Waals surface area contributed by atoms with Crippen molar-refractivity contribution in [2.24, 2.45) is 5.92 Å². The third-order valence-corrected chi connectivity index (χ3v) is 5.24. The quantitative estimate of drug-likeness (QED) is 0.459. The van der Waals surface area contributed by atoms with E-state index in [9.17, 15) is 19.5 Å². The van der Waals surface area contributed by atoms with Gasteiger partial charge in [0.15, 0.2) is 0 Å². The van der Waals surface area contributed by atoms with Crippen LogP contribution in [0, 0.1) is 5.92 Å². The molecule has 8 heteroatoms. The number of alkyl carbamates (subject to hydrolysis) is 1. The van der Waals surface area contributed by atoms with E-state index in [2.05, 4.69) is 10.6 Å². The Morgan fingerprint density at radius 1 is 1.06 bits per heavy atom. The maximum Gasteiger partial charge on any atom is 0.408 e. The van der Waals surface area contributed by atoms with Gasteiger partial charge < -0.3 is 25.4 Å². The van der Waals surface area contributed by atoms with Crippen molar-refractivity contribution in [2.45, 2.75) is 105 Å². The van der Waals surface area contributed by atoms with Crippen molar-refractivity contribution in [3.8, 4) is 5.75 Å². The van der Waals surface area contributed by atoms with Crippen LogP contribution in [-0.2, 0) is 14.3 Å². The SMILES string of the molecule is CCCC(C)NC(=O)C(c1cccc(O)c1)N(C(=O)C(NC(=O)OC(C)(C)C)C(C)C)C(C)C. The highest BCUT2D eigenvalue weighted by atomic mass is 16.6. The first-order valence-electron chi connectivity index (χ1n) is 12.1. The van der Waals surface area contributed by atoms with Crippen LogP contribution < -0.4 is 10.6 Å². The molecule has 0 heterocycles. The molecule has 1 rings (SSSR count). The third kappa shape index (κ3) is 8.88. The molecule has 0 aliphatic heterocycles. The summed E-state index contributed by atoms with van der Waals surface area (Å²) in [5.41, 5.74) is -0.228. The highest BCUT2D eigenvalue weighted by Gasteiger charge is 2.39. The topological polar surface area (TPSA) is 108 Å². The van der Waals surface area contributed by atoms with E-state index in [1.54, 1.807) is 32.9 Å². The molecule has 3 amide bonds. The second-order valence-electron chi connectivity index (χ2n) is 10.4. The number of carbonyl (C=O) groups excluding carboxylic acids is 3. The Hall–Kier alpha value is -2.77. The Morgan fingerprint density at radius 3 is 2.15 bits per heavy atom. The van der Waals surface area contributed by atoms with E-state index in [1.165, 1.54) is 17.0 Å². The molecule has 3 unspecified atom stereocenters. The lowest BCUT2D eigenvalue weighted by atomic mass is 9.97. The first kappa shape index (κ1) is 29.3. The van der Waals surface area contributed by atoms with Crippen molar-refractivity contribution in [3.63, 3.8) is 0 Å². The molecule has 0 saturated heterocycles. The van der Waals surface area contributed by atoms with E-state index in [-0.39, 0.29) is 29.7 Å². The number of carbonyl (C=O) groups is 3. The van der Waals surface area contributed by atoms with Gasteiger partial charge in [0.05, 0.1) is 0 Å². The first-order valence-corrected chi connectivity index (χ1v) is 12.1. The largest absolute Gasteiger partial charge is 0.508 e. The molecule has 0 spiro atoms. The fraction of sp³-hybridized carbons (Fsp3) is 0.654. The van der Waals surface area contributed by atoms with Gasteiger partial charge in [0.1, 0.15) is 23.4 Å². The molecule has 1 aromatic carbocycles. The van der Waals surface area contributed by atoms with E-state index in [0.717, 1.165) is 12.8 Å². The van der Waals surface area contributed by atoms with Gasteiger partial charge in [0, 0.05) is 12.1 Å². The minimum Gasteiger partial charge on any atom is -0.508 e. The van der Waals surface area contributed by atoms with Crippen molar-refractivity contribution in [3.05, 3.63) is 29.8 Å². The van der Waals surface area contributed by atoms with E-state index in [1.807, 2.05) is 41.5 Å². The number of amides is 3. The van der Waals surface area contributed by atoms with E-state index < -0.39 is 29.7 Å². The van der Waals surface area contributed by atoms with Crippen LogP contribution in [0.2, 0.25) is 0 Å². The van der Waals surface area contributed by atoms with Crippen LogP contribution in [0.4, 0.5) is 4.79 Å². The normalized spacial score (nSPS) is 14.3. The zero-order valence-corrected chi connectivity index (χ0v) is 22.1. The second kappa shape index (κ2) is 12.6. The minimum absolute atomic E-state index is 0.000325. The highest BCUT2D eigenvalue weighted by molar-refractivity contribution is 5.92. The van der Waals surface area contributed by atoms with Gasteiger partial charge in [0.2, 0.25) is 11.8 Å². The molecule has 0 aliphatic carbocycles. The number of phenols is 1. The Morgan fingerprint density at radius 2 is 1.68 bits per heavy atom. The van der Waals surface area contributed by atoms with E-state index in [4.69, 9.17) is 4.74 Å². The number of hydrogen-bond acceptors (Lipinski definition) is 5. The number of ether oxygens (including phenoxy) is 1. The molecule has 34 heavy (non-hydrogen) atoms. The molecule has 0 fully saturated rings. The van der Waals surface area contributed by atoms with Gasteiger partial charge in [-0.05, 0) is 71.6 Å². The van der Waals surface area contributed by atoms with Crippen LogP contribution in [0.3, 0.4) is 0 Å². The summed E-state index contributed by atoms with van der Waals surface area (Å²) in [7, 11) is 0. The highest BCUT2D eigenvalue weighted by Crippen LogP contribution is 2.28. The standard InChI is InChI=1S/C26H43N3O5/c1-10-12-18(6)27-23(31)22(19-13-11-14-20(30)15-19)29(17(4)5)24(32)21(16(2)3)28-25(33)34-26(7,8)9/h11,13-18,21-22,30H,10,12H2,1-9H3,(H,27,31)(H,28,33). The van der Waals surface area contributed by atoms with Crippen molar-refractivity contribution >= 4 is 17.9 Å². The molecule has 3 atom stereocenters. The number of hydrogen-bond donors (Lipinski definition) is 3. The summed E-state index contributed by atoms with van der Waals surface area (Å²) in [6.07, 6.45) is 1.00. The number of nitrogens with one attached hydrogen (secondary N) is 2. The summed E-state index contributed by atoms with van der Waals surface area (Å²) in [5, 5.41) is 15.8. The Labute approximate surface area is 204 Å². The van der Waals surface area contributed by atoms with Gasteiger partial charge in [-0.2, -0.15) is 0 Å². The monoisotopic (exact) mass is 477 g/mol. The van der Waals surface area contributed by atoms with Crippen molar-refractivity contribution in [1.82, 2.24) is 15.5 Å². The molecular formula is C26H43N3O5. The van der Waals surface area contributed by atoms with Gasteiger partial charge >= 0.3 is 6.09 Å². The summed E-state index contributed by atoms with van der Waals surface area (Å²) in [6, 6.07) is 4.02. The van der Waals surface area contributed by atoms with Crippen LogP contribution in [0.1, 0.15) is 86.8 Å². The maximum atomic E-state index is 13.9. The molecule has 0 bridgehead atoms. The molecule has 192 valence electrons. The Kier molecular flexibility index (Phi) is 10.9. The van der Waals surface area contributed by atoms with Crippen LogP contribution in [0.15, 0.2) is 24.3 Å². The van der Waals surface area contributed by atoms with Crippen LogP contribution in [0.25, 0.3) is 0 Å². The zero-order chi connectivity index (χ0) is 26.2. The van der Waals surface area contributed by atoms with Gasteiger partial charge in [-0.3, -0.25) is 9.59 Å². The summed E-state index contributed by atoms with van der Waals surface area (Å²) >= 11 is 0. The molecule has 3 N–H and O–H groups in total. The smallest absolute Gasteiger partial charge is 0.408 e. The Bertz CT molecular complexity index is 832. The van der Waals surface area contributed by atoms with Crippen LogP contribution in [-0.4, -0.2) is 51.6 Å². The van der Waals surface area contributed by atoms with Gasteiger partial charge in [-0.25, -0.2) is 4.79 Å². The molecule has 1 aromatic rings. The first-order chi connectivity index (χ1) is 15.7. The summed E-state index contributed by atoms with van der Waals surface area (Å²) in [4.78, 5) is 41.3. The van der Waals surface area contributed by atoms with Gasteiger partial charge in [0.25, 0.3) is 0 Å². The second-order valence-corrected chi connectivity index (χ2v) is 10.4. The predicted molar refractivity (Wildman–Crippen MR) is 133 cm³/mol. The summed E-state index contributed by atoms with van der Waals surface area (Å²) in [6.45, 7) is 16.5. The predicted octanol–water partition coefficient (Wildman–Crippen LogP) is 4.52. The Balaban J connectivity index is 3.43. The van der Waals surface area contributed by atoms with E-state index in [0.29, 0.717) is 5.56 Å². The fourth-order valence-corrected chi connectivity index (χ4v) is 3.75. The lowest BCUT2D eigenvalue weighted by Crippen LogP contribution is -2.57. The fourth-order valence-electron chi connectivity index (χ4n) is 3.75. The molecule has 0 radical (unpaired) electrons. The zero-order valence-electron chi connectivity index (χ0n) is 22.1. The van der Waals surface area contributed by atoms with Crippen LogP contribution in [0.5, 0.6) is 5.75 Å². The number of nitrogens with zero attached hydrogens (tertiary/aromatic N) is 1. The number of rotatable bonds is 10. The van der Waals surface area contributed by atoms with Crippen LogP contribution >= 0.6 is 0 Å². The number of aromatic hydroxyl groups is 1. The lowest BCUT2D eigenvalue weighted by Gasteiger charge is -2.38. The average molecular weight is 478 g/mol. The molecule has 0 aliphatic rings. The maximum absolute atomic E-state index is 13.9. The molecule has 0 aromatic heterocycles.